The normalized spacial score (nSPS) is 14.4. The number of nitrogens with one attached hydrogen (secondary N) is 1. The summed E-state index contributed by atoms with van der Waals surface area (Å²) < 4.78 is 0. The molecule has 0 spiro atoms. The smallest absolute Gasteiger partial charge is 0.238 e. The number of hydrogen-bond donors (Lipinski definition) is 1. The summed E-state index contributed by atoms with van der Waals surface area (Å²) in [4.78, 5) is 40.7. The fourth-order valence-electron chi connectivity index (χ4n) is 3.37. The Kier molecular flexibility index (Phi) is 7.60. The van der Waals surface area contributed by atoms with E-state index in [2.05, 4.69) is 5.32 Å². The number of carbonyl (C=O) groups is 3. The average Bonchev–Trinajstić information content (AvgIpc) is 2.74. The van der Waals surface area contributed by atoms with Gasteiger partial charge in [0.05, 0.1) is 17.3 Å². The molecule has 0 aromatic heterocycles. The summed E-state index contributed by atoms with van der Waals surface area (Å²) in [5.41, 5.74) is 2.33. The second-order valence-corrected chi connectivity index (χ2v) is 7.88. The van der Waals surface area contributed by atoms with Crippen LogP contribution >= 0.6 is 11.6 Å². The number of hydrogen-bond acceptors (Lipinski definition) is 4. The van der Waals surface area contributed by atoms with E-state index in [-0.39, 0.29) is 37.0 Å². The van der Waals surface area contributed by atoms with Crippen LogP contribution in [0.1, 0.15) is 28.8 Å². The third-order valence-electron chi connectivity index (χ3n) is 5.18. The number of halogens is 1. The highest BCUT2D eigenvalue weighted by Gasteiger charge is 2.23. The van der Waals surface area contributed by atoms with Crippen molar-refractivity contribution in [3.05, 3.63) is 64.7 Å². The number of carbonyl (C=O) groups excluding carboxylic acids is 3. The van der Waals surface area contributed by atoms with Crippen molar-refractivity contribution < 1.29 is 14.4 Å². The molecular weight excluding hydrogens is 402 g/mol. The molecule has 2 aromatic carbocycles. The molecule has 30 heavy (non-hydrogen) atoms. The highest BCUT2D eigenvalue weighted by atomic mass is 35.5. The van der Waals surface area contributed by atoms with Crippen LogP contribution in [0.15, 0.2) is 48.5 Å². The van der Waals surface area contributed by atoms with Crippen LogP contribution in [0.4, 0.5) is 5.69 Å². The van der Waals surface area contributed by atoms with Crippen LogP contribution < -0.4 is 5.32 Å². The summed E-state index contributed by atoms with van der Waals surface area (Å²) >= 11 is 6.07. The van der Waals surface area contributed by atoms with Crippen molar-refractivity contribution in [2.45, 2.75) is 19.8 Å². The van der Waals surface area contributed by atoms with Gasteiger partial charge in [-0.15, -0.1) is 0 Å². The van der Waals surface area contributed by atoms with Gasteiger partial charge < -0.3 is 10.2 Å². The minimum atomic E-state index is -0.133. The van der Waals surface area contributed by atoms with E-state index in [0.29, 0.717) is 42.5 Å². The highest BCUT2D eigenvalue weighted by Crippen LogP contribution is 2.20. The summed E-state index contributed by atoms with van der Waals surface area (Å²) in [5, 5.41) is 3.31. The van der Waals surface area contributed by atoms with Gasteiger partial charge in [0.2, 0.25) is 11.8 Å². The Morgan fingerprint density at radius 1 is 0.933 bits per heavy atom. The molecule has 0 saturated carbocycles. The first-order valence-corrected chi connectivity index (χ1v) is 10.4. The number of anilines is 1. The molecule has 0 radical (unpaired) electrons. The van der Waals surface area contributed by atoms with E-state index < -0.39 is 0 Å². The van der Waals surface area contributed by atoms with Gasteiger partial charge in [-0.25, -0.2) is 0 Å². The van der Waals surface area contributed by atoms with Crippen LogP contribution in [-0.2, 0) is 9.59 Å². The Hall–Kier alpha value is -2.70. The minimum Gasteiger partial charge on any atom is -0.340 e. The number of para-hydroxylation sites is 1. The Bertz CT molecular complexity index is 906. The molecule has 1 aliphatic heterocycles. The predicted molar refractivity (Wildman–Crippen MR) is 118 cm³/mol. The van der Waals surface area contributed by atoms with E-state index in [0.717, 1.165) is 5.56 Å². The molecule has 0 bridgehead atoms. The summed E-state index contributed by atoms with van der Waals surface area (Å²) in [5.74, 6) is -0.166. The van der Waals surface area contributed by atoms with Gasteiger partial charge in [-0.2, -0.15) is 0 Å². The van der Waals surface area contributed by atoms with E-state index >= 15 is 0 Å². The number of aryl methyl sites for hydroxylation is 1. The quantitative estimate of drug-likeness (QED) is 0.687. The zero-order valence-corrected chi connectivity index (χ0v) is 17.8. The van der Waals surface area contributed by atoms with Crippen LogP contribution in [0, 0.1) is 6.92 Å². The molecule has 0 unspecified atom stereocenters. The molecule has 158 valence electrons. The standard InChI is InChI=1S/C23H26ClN3O3/c1-17-6-8-18(9-7-17)21(28)10-11-23(30)27-14-12-26(13-15-27)16-22(29)25-20-5-3-2-4-19(20)24/h2-9H,10-16H2,1H3,(H,25,29). The van der Waals surface area contributed by atoms with Gasteiger partial charge in [-0.3, -0.25) is 19.3 Å². The molecule has 1 heterocycles. The first kappa shape index (κ1) is 22.0. The average molecular weight is 428 g/mol. The van der Waals surface area contributed by atoms with Crippen LogP contribution in [0.5, 0.6) is 0 Å². The molecule has 3 rings (SSSR count). The van der Waals surface area contributed by atoms with Crippen molar-refractivity contribution in [2.75, 3.05) is 38.0 Å². The van der Waals surface area contributed by atoms with Gasteiger partial charge in [0.25, 0.3) is 0 Å². The third kappa shape index (κ3) is 6.15. The van der Waals surface area contributed by atoms with E-state index in [4.69, 9.17) is 11.6 Å². The van der Waals surface area contributed by atoms with Gasteiger partial charge in [0, 0.05) is 44.6 Å². The Morgan fingerprint density at radius 3 is 2.27 bits per heavy atom. The third-order valence-corrected chi connectivity index (χ3v) is 5.51. The number of Topliss-reactive ketones (excluding diaryl/α,β-unsaturated/α-hetero) is 1. The first-order valence-electron chi connectivity index (χ1n) is 10.1. The first-order chi connectivity index (χ1) is 14.4. The molecule has 2 amide bonds. The zero-order chi connectivity index (χ0) is 21.5. The lowest BCUT2D eigenvalue weighted by atomic mass is 10.0. The van der Waals surface area contributed by atoms with Gasteiger partial charge in [-0.05, 0) is 19.1 Å². The van der Waals surface area contributed by atoms with Crippen LogP contribution in [0.3, 0.4) is 0 Å². The number of rotatable bonds is 7. The second-order valence-electron chi connectivity index (χ2n) is 7.47. The van der Waals surface area contributed by atoms with Crippen molar-refractivity contribution in [1.82, 2.24) is 9.80 Å². The number of ketones is 1. The van der Waals surface area contributed by atoms with E-state index in [1.165, 1.54) is 0 Å². The van der Waals surface area contributed by atoms with Gasteiger partial charge >= 0.3 is 0 Å². The van der Waals surface area contributed by atoms with Gasteiger partial charge in [0.1, 0.15) is 0 Å². The molecule has 2 aromatic rings. The van der Waals surface area contributed by atoms with Crippen molar-refractivity contribution >= 4 is 34.9 Å². The van der Waals surface area contributed by atoms with Crippen molar-refractivity contribution in [1.29, 1.82) is 0 Å². The number of piperazine rings is 1. The molecular formula is C23H26ClN3O3. The summed E-state index contributed by atoms with van der Waals surface area (Å²) in [7, 11) is 0. The lowest BCUT2D eigenvalue weighted by Crippen LogP contribution is -2.50. The van der Waals surface area contributed by atoms with E-state index in [9.17, 15) is 14.4 Å². The fraction of sp³-hybridized carbons (Fsp3) is 0.348. The predicted octanol–water partition coefficient (Wildman–Crippen LogP) is 3.39. The van der Waals surface area contributed by atoms with Crippen molar-refractivity contribution in [3.8, 4) is 0 Å². The highest BCUT2D eigenvalue weighted by molar-refractivity contribution is 6.33. The maximum absolute atomic E-state index is 12.5. The molecule has 1 aliphatic rings. The summed E-state index contributed by atoms with van der Waals surface area (Å²) in [6, 6.07) is 14.5. The number of amides is 2. The number of benzene rings is 2. The van der Waals surface area contributed by atoms with Crippen LogP contribution in [-0.4, -0.2) is 60.1 Å². The van der Waals surface area contributed by atoms with Crippen LogP contribution in [0.25, 0.3) is 0 Å². The molecule has 1 N–H and O–H groups in total. The minimum absolute atomic E-state index is 0.0155. The van der Waals surface area contributed by atoms with E-state index in [1.54, 1.807) is 29.2 Å². The zero-order valence-electron chi connectivity index (χ0n) is 17.1. The molecule has 7 heteroatoms. The molecule has 0 aliphatic carbocycles. The summed E-state index contributed by atoms with van der Waals surface area (Å²) in [6.45, 7) is 4.56. The second kappa shape index (κ2) is 10.4. The van der Waals surface area contributed by atoms with Crippen molar-refractivity contribution in [2.24, 2.45) is 0 Å². The van der Waals surface area contributed by atoms with E-state index in [1.807, 2.05) is 36.1 Å². The Balaban J connectivity index is 1.39. The monoisotopic (exact) mass is 427 g/mol. The lowest BCUT2D eigenvalue weighted by Gasteiger charge is -2.34. The van der Waals surface area contributed by atoms with Gasteiger partial charge in [-0.1, -0.05) is 53.6 Å². The molecule has 0 atom stereocenters. The summed E-state index contributed by atoms with van der Waals surface area (Å²) in [6.07, 6.45) is 0.419. The maximum Gasteiger partial charge on any atom is 0.238 e. The fourth-order valence-corrected chi connectivity index (χ4v) is 3.56. The lowest BCUT2D eigenvalue weighted by molar-refractivity contribution is -0.133. The molecule has 1 fully saturated rings. The topological polar surface area (TPSA) is 69.7 Å². The Morgan fingerprint density at radius 2 is 1.60 bits per heavy atom. The maximum atomic E-state index is 12.5. The number of nitrogens with zero attached hydrogens (tertiary/aromatic N) is 2. The SMILES string of the molecule is Cc1ccc(C(=O)CCC(=O)N2CCN(CC(=O)Nc3ccccc3Cl)CC2)cc1. The molecule has 6 nitrogen and oxygen atoms in total. The largest absolute Gasteiger partial charge is 0.340 e. The van der Waals surface area contributed by atoms with Crippen LogP contribution in [0.2, 0.25) is 5.02 Å². The van der Waals surface area contributed by atoms with Crippen molar-refractivity contribution in [3.63, 3.8) is 0 Å². The van der Waals surface area contributed by atoms with Gasteiger partial charge in [0.15, 0.2) is 5.78 Å². The Labute approximate surface area is 181 Å². The molecule has 1 saturated heterocycles.